The minimum absolute atomic E-state index is 0.0297. The molecular weight excluding hydrogens is 222 g/mol. The molecule has 0 spiro atoms. The second-order valence-corrected chi connectivity index (χ2v) is 3.19. The highest BCUT2D eigenvalue weighted by Gasteiger charge is 2.09. The van der Waals surface area contributed by atoms with Gasteiger partial charge in [0, 0.05) is 12.4 Å². The van der Waals surface area contributed by atoms with Crippen LogP contribution in [0, 0.1) is 0 Å². The van der Waals surface area contributed by atoms with E-state index in [2.05, 4.69) is 30.2 Å². The number of aromatic nitrogens is 4. The Labute approximate surface area is 97.2 Å². The summed E-state index contributed by atoms with van der Waals surface area (Å²) in [4.78, 5) is 19.0. The molecule has 7 nitrogen and oxygen atoms in total. The Hall–Kier alpha value is -2.44. The van der Waals surface area contributed by atoms with Gasteiger partial charge in [0.05, 0.1) is 19.3 Å². The SMILES string of the molecule is COC(=O)c1nccc(NCc2ccn[nH]2)n1. The molecule has 0 atom stereocenters. The van der Waals surface area contributed by atoms with E-state index in [0.29, 0.717) is 12.4 Å². The normalized spacial score (nSPS) is 9.94. The number of H-pyrrole nitrogens is 1. The van der Waals surface area contributed by atoms with Crippen LogP contribution in [0.25, 0.3) is 0 Å². The van der Waals surface area contributed by atoms with E-state index < -0.39 is 5.97 Å². The first-order valence-corrected chi connectivity index (χ1v) is 4.93. The van der Waals surface area contributed by atoms with E-state index >= 15 is 0 Å². The zero-order chi connectivity index (χ0) is 12.1. The molecule has 2 N–H and O–H groups in total. The van der Waals surface area contributed by atoms with Crippen LogP contribution < -0.4 is 5.32 Å². The van der Waals surface area contributed by atoms with Gasteiger partial charge in [-0.2, -0.15) is 5.10 Å². The van der Waals surface area contributed by atoms with Gasteiger partial charge in [-0.3, -0.25) is 5.10 Å². The van der Waals surface area contributed by atoms with Gasteiger partial charge in [0.25, 0.3) is 0 Å². The maximum absolute atomic E-state index is 11.2. The molecule has 0 saturated carbocycles. The maximum atomic E-state index is 11.2. The van der Waals surface area contributed by atoms with E-state index in [1.54, 1.807) is 12.3 Å². The first-order valence-electron chi connectivity index (χ1n) is 4.93. The molecule has 7 heteroatoms. The Bertz CT molecular complexity index is 497. The molecule has 0 fully saturated rings. The lowest BCUT2D eigenvalue weighted by Crippen LogP contribution is -2.10. The van der Waals surface area contributed by atoms with Crippen LogP contribution in [-0.2, 0) is 11.3 Å². The number of aromatic amines is 1. The van der Waals surface area contributed by atoms with Crippen molar-refractivity contribution in [1.29, 1.82) is 0 Å². The first-order chi connectivity index (χ1) is 8.29. The van der Waals surface area contributed by atoms with Gasteiger partial charge in [0.2, 0.25) is 5.82 Å². The van der Waals surface area contributed by atoms with Crippen molar-refractivity contribution in [3.63, 3.8) is 0 Å². The summed E-state index contributed by atoms with van der Waals surface area (Å²) >= 11 is 0. The number of hydrogen-bond acceptors (Lipinski definition) is 6. The fourth-order valence-corrected chi connectivity index (χ4v) is 1.22. The van der Waals surface area contributed by atoms with Gasteiger partial charge < -0.3 is 10.1 Å². The van der Waals surface area contributed by atoms with Gasteiger partial charge in [-0.15, -0.1) is 0 Å². The van der Waals surface area contributed by atoms with E-state index in [1.165, 1.54) is 13.3 Å². The summed E-state index contributed by atoms with van der Waals surface area (Å²) in [5.41, 5.74) is 0.920. The maximum Gasteiger partial charge on any atom is 0.376 e. The zero-order valence-electron chi connectivity index (χ0n) is 9.17. The highest BCUT2D eigenvalue weighted by Crippen LogP contribution is 2.04. The van der Waals surface area contributed by atoms with Crippen molar-refractivity contribution in [1.82, 2.24) is 20.2 Å². The molecule has 0 radical (unpaired) electrons. The molecule has 0 aliphatic rings. The van der Waals surface area contributed by atoms with Crippen LogP contribution in [0.15, 0.2) is 24.5 Å². The third-order valence-corrected chi connectivity index (χ3v) is 2.04. The van der Waals surface area contributed by atoms with Gasteiger partial charge in [0.1, 0.15) is 5.82 Å². The van der Waals surface area contributed by atoms with E-state index in [0.717, 1.165) is 5.69 Å². The fraction of sp³-hybridized carbons (Fsp3) is 0.200. The predicted octanol–water partition coefficient (Wildman–Crippen LogP) is 0.598. The molecule has 2 aromatic rings. The summed E-state index contributed by atoms with van der Waals surface area (Å²) in [5, 5.41) is 9.67. The average molecular weight is 233 g/mol. The number of rotatable bonds is 4. The highest BCUT2D eigenvalue weighted by atomic mass is 16.5. The van der Waals surface area contributed by atoms with Crippen LogP contribution >= 0.6 is 0 Å². The second kappa shape index (κ2) is 5.06. The van der Waals surface area contributed by atoms with Gasteiger partial charge in [0.15, 0.2) is 0 Å². The van der Waals surface area contributed by atoms with E-state index in [-0.39, 0.29) is 5.82 Å². The molecule has 17 heavy (non-hydrogen) atoms. The molecule has 0 bridgehead atoms. The number of hydrogen-bond donors (Lipinski definition) is 2. The predicted molar refractivity (Wildman–Crippen MR) is 59.3 cm³/mol. The second-order valence-electron chi connectivity index (χ2n) is 3.19. The Morgan fingerprint density at radius 3 is 3.06 bits per heavy atom. The third kappa shape index (κ3) is 2.77. The van der Waals surface area contributed by atoms with Crippen molar-refractivity contribution < 1.29 is 9.53 Å². The topological polar surface area (TPSA) is 92.8 Å². The summed E-state index contributed by atoms with van der Waals surface area (Å²) in [6.07, 6.45) is 3.16. The van der Waals surface area contributed by atoms with Crippen LogP contribution in [0.2, 0.25) is 0 Å². The number of esters is 1. The van der Waals surface area contributed by atoms with E-state index in [1.807, 2.05) is 6.07 Å². The van der Waals surface area contributed by atoms with Crippen molar-refractivity contribution in [3.8, 4) is 0 Å². The minimum atomic E-state index is -0.560. The Morgan fingerprint density at radius 2 is 2.35 bits per heavy atom. The summed E-state index contributed by atoms with van der Waals surface area (Å²) in [6.45, 7) is 0.539. The molecule has 0 saturated heterocycles. The molecule has 2 rings (SSSR count). The number of nitrogens with one attached hydrogen (secondary N) is 2. The van der Waals surface area contributed by atoms with Crippen LogP contribution in [0.3, 0.4) is 0 Å². The van der Waals surface area contributed by atoms with E-state index in [4.69, 9.17) is 0 Å². The van der Waals surface area contributed by atoms with Gasteiger partial charge in [-0.05, 0) is 12.1 Å². The molecule has 0 aliphatic carbocycles. The van der Waals surface area contributed by atoms with Crippen molar-refractivity contribution in [2.75, 3.05) is 12.4 Å². The Morgan fingerprint density at radius 1 is 1.47 bits per heavy atom. The molecular formula is C10H11N5O2. The molecule has 0 unspecified atom stereocenters. The summed E-state index contributed by atoms with van der Waals surface area (Å²) < 4.78 is 4.53. The minimum Gasteiger partial charge on any atom is -0.463 e. The smallest absolute Gasteiger partial charge is 0.376 e. The van der Waals surface area contributed by atoms with Crippen LogP contribution in [0.1, 0.15) is 16.3 Å². The molecule has 0 aliphatic heterocycles. The fourth-order valence-electron chi connectivity index (χ4n) is 1.22. The molecule has 0 aromatic carbocycles. The average Bonchev–Trinajstić information content (AvgIpc) is 2.89. The summed E-state index contributed by atoms with van der Waals surface area (Å²) in [7, 11) is 1.29. The van der Waals surface area contributed by atoms with Crippen LogP contribution in [-0.4, -0.2) is 33.2 Å². The summed E-state index contributed by atoms with van der Waals surface area (Å²) in [5.74, 6) is 0.0206. The molecule has 88 valence electrons. The van der Waals surface area contributed by atoms with Crippen molar-refractivity contribution in [2.45, 2.75) is 6.54 Å². The summed E-state index contributed by atoms with van der Waals surface area (Å²) in [6, 6.07) is 3.51. The third-order valence-electron chi connectivity index (χ3n) is 2.04. The van der Waals surface area contributed by atoms with Crippen molar-refractivity contribution in [3.05, 3.63) is 36.0 Å². The first kappa shape index (κ1) is 11.1. The van der Waals surface area contributed by atoms with Crippen LogP contribution in [0.4, 0.5) is 5.82 Å². The molecule has 0 amide bonds. The van der Waals surface area contributed by atoms with Gasteiger partial charge >= 0.3 is 5.97 Å². The number of carbonyl (C=O) groups is 1. The van der Waals surface area contributed by atoms with Gasteiger partial charge in [-0.25, -0.2) is 14.8 Å². The molecule has 2 heterocycles. The lowest BCUT2D eigenvalue weighted by atomic mass is 10.4. The van der Waals surface area contributed by atoms with E-state index in [9.17, 15) is 4.79 Å². The quantitative estimate of drug-likeness (QED) is 0.751. The number of nitrogens with zero attached hydrogens (tertiary/aromatic N) is 3. The Kier molecular flexibility index (Phi) is 3.29. The highest BCUT2D eigenvalue weighted by molar-refractivity contribution is 5.85. The largest absolute Gasteiger partial charge is 0.463 e. The number of methoxy groups -OCH3 is 1. The number of carbonyl (C=O) groups excluding carboxylic acids is 1. The van der Waals surface area contributed by atoms with Crippen molar-refractivity contribution >= 4 is 11.8 Å². The number of anilines is 1. The van der Waals surface area contributed by atoms with Crippen molar-refractivity contribution in [2.24, 2.45) is 0 Å². The molecule has 2 aromatic heterocycles. The lowest BCUT2D eigenvalue weighted by Gasteiger charge is -2.04. The number of ether oxygens (including phenoxy) is 1. The standard InChI is InChI=1S/C10H11N5O2/c1-17-10(16)9-11-4-3-8(14-9)12-6-7-2-5-13-15-7/h2-5H,6H2,1H3,(H,13,15)(H,11,12,14). The Balaban J connectivity index is 2.03. The van der Waals surface area contributed by atoms with Crippen LogP contribution in [0.5, 0.6) is 0 Å². The van der Waals surface area contributed by atoms with Gasteiger partial charge in [-0.1, -0.05) is 0 Å². The lowest BCUT2D eigenvalue weighted by molar-refractivity contribution is 0.0587. The monoisotopic (exact) mass is 233 g/mol. The zero-order valence-corrected chi connectivity index (χ0v) is 9.17.